The van der Waals surface area contributed by atoms with Gasteiger partial charge in [-0.05, 0) is 25.0 Å². The Hall–Kier alpha value is -3.17. The second kappa shape index (κ2) is 8.06. The zero-order valence-electron chi connectivity index (χ0n) is 16.8. The van der Waals surface area contributed by atoms with Gasteiger partial charge in [-0.2, -0.15) is 4.98 Å². The van der Waals surface area contributed by atoms with E-state index in [9.17, 15) is 9.59 Å². The number of aromatic nitrogens is 4. The van der Waals surface area contributed by atoms with E-state index < -0.39 is 0 Å². The van der Waals surface area contributed by atoms with Crippen LogP contribution in [0.2, 0.25) is 0 Å². The molecule has 0 bridgehead atoms. The molecule has 2 aromatic rings. The molecule has 29 heavy (non-hydrogen) atoms. The standard InChI is InChI=1S/C19H26N8O2/c1-25(2)19-22-17(23-24-19)13-4-8-26(9-5-13)18(29)15-11-14(3-6-20-15)27-10-7-21-16(28)12-27/h3,6,11,13H,4-5,7-10,12H2,1-2H3,(H,21,28)(H,22,23,24). The smallest absolute Gasteiger partial charge is 0.272 e. The zero-order chi connectivity index (χ0) is 20.4. The number of amides is 2. The average Bonchev–Trinajstić information content (AvgIpc) is 3.24. The molecule has 0 radical (unpaired) electrons. The Kier molecular flexibility index (Phi) is 5.32. The largest absolute Gasteiger partial charge is 0.360 e. The Morgan fingerprint density at radius 2 is 2.03 bits per heavy atom. The minimum Gasteiger partial charge on any atom is -0.360 e. The molecule has 2 saturated heterocycles. The van der Waals surface area contributed by atoms with E-state index in [0.717, 1.165) is 30.9 Å². The fourth-order valence-electron chi connectivity index (χ4n) is 3.76. The molecular weight excluding hydrogens is 372 g/mol. The lowest BCUT2D eigenvalue weighted by Crippen LogP contribution is -2.47. The number of pyridine rings is 1. The van der Waals surface area contributed by atoms with Gasteiger partial charge in [0, 0.05) is 58.1 Å². The molecule has 0 unspecified atom stereocenters. The lowest BCUT2D eigenvalue weighted by molar-refractivity contribution is -0.120. The molecule has 4 heterocycles. The molecule has 0 aliphatic carbocycles. The highest BCUT2D eigenvalue weighted by atomic mass is 16.2. The molecule has 4 rings (SSSR count). The van der Waals surface area contributed by atoms with Crippen molar-refractivity contribution in [1.82, 2.24) is 30.4 Å². The maximum absolute atomic E-state index is 13.0. The van der Waals surface area contributed by atoms with Crippen molar-refractivity contribution in [2.45, 2.75) is 18.8 Å². The van der Waals surface area contributed by atoms with Crippen LogP contribution in [-0.4, -0.2) is 83.7 Å². The van der Waals surface area contributed by atoms with E-state index >= 15 is 0 Å². The zero-order valence-corrected chi connectivity index (χ0v) is 16.8. The van der Waals surface area contributed by atoms with Crippen molar-refractivity contribution in [2.75, 3.05) is 56.6 Å². The van der Waals surface area contributed by atoms with Crippen LogP contribution in [0.4, 0.5) is 11.6 Å². The van der Waals surface area contributed by atoms with Crippen LogP contribution in [0.25, 0.3) is 0 Å². The van der Waals surface area contributed by atoms with Crippen LogP contribution in [0.15, 0.2) is 18.3 Å². The highest BCUT2D eigenvalue weighted by Crippen LogP contribution is 2.27. The fourth-order valence-corrected chi connectivity index (χ4v) is 3.76. The van der Waals surface area contributed by atoms with Crippen LogP contribution >= 0.6 is 0 Å². The number of hydrogen-bond donors (Lipinski definition) is 2. The monoisotopic (exact) mass is 398 g/mol. The third-order valence-electron chi connectivity index (χ3n) is 5.43. The van der Waals surface area contributed by atoms with E-state index in [1.165, 1.54) is 0 Å². The van der Waals surface area contributed by atoms with Gasteiger partial charge in [0.05, 0.1) is 6.54 Å². The van der Waals surface area contributed by atoms with Crippen LogP contribution in [-0.2, 0) is 4.79 Å². The molecular formula is C19H26N8O2. The number of H-pyrrole nitrogens is 1. The Morgan fingerprint density at radius 3 is 2.72 bits per heavy atom. The third-order valence-corrected chi connectivity index (χ3v) is 5.43. The quantitative estimate of drug-likeness (QED) is 0.758. The van der Waals surface area contributed by atoms with Gasteiger partial charge < -0.3 is 20.0 Å². The first kappa shape index (κ1) is 19.2. The molecule has 154 valence electrons. The second-order valence-electron chi connectivity index (χ2n) is 7.65. The number of likely N-dealkylation sites (tertiary alicyclic amines) is 1. The van der Waals surface area contributed by atoms with Crippen LogP contribution < -0.4 is 15.1 Å². The highest BCUT2D eigenvalue weighted by Gasteiger charge is 2.28. The number of nitrogens with zero attached hydrogens (tertiary/aromatic N) is 6. The molecule has 0 atom stereocenters. The molecule has 2 aliphatic rings. The van der Waals surface area contributed by atoms with Crippen molar-refractivity contribution in [3.8, 4) is 0 Å². The average molecular weight is 398 g/mol. The highest BCUT2D eigenvalue weighted by molar-refractivity contribution is 5.93. The molecule has 2 aliphatic heterocycles. The summed E-state index contributed by atoms with van der Waals surface area (Å²) >= 11 is 0. The predicted octanol–water partition coefficient (Wildman–Crippen LogP) is 0.222. The van der Waals surface area contributed by atoms with Gasteiger partial charge in [-0.25, -0.2) is 0 Å². The van der Waals surface area contributed by atoms with E-state index in [0.29, 0.717) is 37.8 Å². The Bertz CT molecular complexity index is 888. The van der Waals surface area contributed by atoms with Gasteiger partial charge in [-0.1, -0.05) is 0 Å². The van der Waals surface area contributed by atoms with Crippen LogP contribution in [0.1, 0.15) is 35.1 Å². The number of hydrogen-bond acceptors (Lipinski definition) is 7. The first-order valence-electron chi connectivity index (χ1n) is 9.88. The van der Waals surface area contributed by atoms with Gasteiger partial charge in [0.25, 0.3) is 5.91 Å². The fraction of sp³-hybridized carbons (Fsp3) is 0.526. The van der Waals surface area contributed by atoms with E-state index in [1.807, 2.05) is 34.9 Å². The van der Waals surface area contributed by atoms with Crippen LogP contribution in [0, 0.1) is 0 Å². The summed E-state index contributed by atoms with van der Waals surface area (Å²) in [6, 6.07) is 3.63. The molecule has 2 N–H and O–H groups in total. The summed E-state index contributed by atoms with van der Waals surface area (Å²) < 4.78 is 0. The summed E-state index contributed by atoms with van der Waals surface area (Å²) in [6.45, 7) is 2.93. The number of rotatable bonds is 4. The third kappa shape index (κ3) is 4.15. The van der Waals surface area contributed by atoms with Gasteiger partial charge in [0.15, 0.2) is 0 Å². The van der Waals surface area contributed by atoms with Gasteiger partial charge in [-0.15, -0.1) is 5.10 Å². The van der Waals surface area contributed by atoms with Crippen molar-refractivity contribution in [3.05, 3.63) is 29.8 Å². The second-order valence-corrected chi connectivity index (χ2v) is 7.65. The summed E-state index contributed by atoms with van der Waals surface area (Å²) in [7, 11) is 3.82. The van der Waals surface area contributed by atoms with Crippen molar-refractivity contribution in [1.29, 1.82) is 0 Å². The maximum Gasteiger partial charge on any atom is 0.272 e. The minimum absolute atomic E-state index is 0.00662. The first-order chi connectivity index (χ1) is 14.0. The van der Waals surface area contributed by atoms with Gasteiger partial charge >= 0.3 is 0 Å². The Labute approximate surface area is 169 Å². The van der Waals surface area contributed by atoms with Gasteiger partial charge in [0.2, 0.25) is 11.9 Å². The van der Waals surface area contributed by atoms with Crippen molar-refractivity contribution in [2.24, 2.45) is 0 Å². The molecule has 10 heteroatoms. The molecule has 2 aromatic heterocycles. The number of piperazine rings is 1. The molecule has 2 amide bonds. The lowest BCUT2D eigenvalue weighted by atomic mass is 9.96. The molecule has 2 fully saturated rings. The summed E-state index contributed by atoms with van der Waals surface area (Å²) in [4.78, 5) is 39.1. The van der Waals surface area contributed by atoms with Crippen molar-refractivity contribution >= 4 is 23.5 Å². The molecule has 0 spiro atoms. The number of carbonyl (C=O) groups is 2. The molecule has 0 aromatic carbocycles. The number of anilines is 2. The maximum atomic E-state index is 13.0. The first-order valence-corrected chi connectivity index (χ1v) is 9.88. The van der Waals surface area contributed by atoms with Crippen molar-refractivity contribution in [3.63, 3.8) is 0 Å². The summed E-state index contributed by atoms with van der Waals surface area (Å²) in [6.07, 6.45) is 3.30. The summed E-state index contributed by atoms with van der Waals surface area (Å²) in [5.74, 6) is 1.74. The Morgan fingerprint density at radius 1 is 1.24 bits per heavy atom. The molecule has 0 saturated carbocycles. The van der Waals surface area contributed by atoms with E-state index in [4.69, 9.17) is 0 Å². The Balaban J connectivity index is 1.39. The SMILES string of the molecule is CN(C)c1n[nH]c(C2CCN(C(=O)c3cc(N4CCNC(=O)C4)ccn3)CC2)n1. The summed E-state index contributed by atoms with van der Waals surface area (Å²) in [5.41, 5.74) is 1.27. The summed E-state index contributed by atoms with van der Waals surface area (Å²) in [5, 5.41) is 10.1. The van der Waals surface area contributed by atoms with Crippen LogP contribution in [0.3, 0.4) is 0 Å². The van der Waals surface area contributed by atoms with E-state index in [2.05, 4.69) is 25.5 Å². The van der Waals surface area contributed by atoms with Gasteiger partial charge in [-0.3, -0.25) is 19.7 Å². The lowest BCUT2D eigenvalue weighted by Gasteiger charge is -2.31. The van der Waals surface area contributed by atoms with E-state index in [-0.39, 0.29) is 17.7 Å². The van der Waals surface area contributed by atoms with Gasteiger partial charge in [0.1, 0.15) is 11.5 Å². The predicted molar refractivity (Wildman–Crippen MR) is 108 cm³/mol. The van der Waals surface area contributed by atoms with Crippen LogP contribution in [0.5, 0.6) is 0 Å². The molecule has 10 nitrogen and oxygen atoms in total. The number of aromatic amines is 1. The normalized spacial score (nSPS) is 17.9. The number of nitrogens with one attached hydrogen (secondary N) is 2. The number of piperidine rings is 1. The topological polar surface area (TPSA) is 110 Å². The van der Waals surface area contributed by atoms with Crippen molar-refractivity contribution < 1.29 is 9.59 Å². The number of carbonyl (C=O) groups excluding carboxylic acids is 2. The minimum atomic E-state index is -0.0710. The van der Waals surface area contributed by atoms with E-state index in [1.54, 1.807) is 12.3 Å².